The number of hydrogen-bond acceptors (Lipinski definition) is 5. The maximum Gasteiger partial charge on any atom is 0.135 e. The molecule has 0 aliphatic rings. The third-order valence-corrected chi connectivity index (χ3v) is 3.49. The largest absolute Gasteiger partial charge is 0.469 e. The molecule has 0 spiro atoms. The molecule has 21 heavy (non-hydrogen) atoms. The van der Waals surface area contributed by atoms with Crippen LogP contribution in [0.15, 0.2) is 29.1 Å². The maximum absolute atomic E-state index is 5.37. The van der Waals surface area contributed by atoms with Gasteiger partial charge in [0.1, 0.15) is 23.7 Å². The van der Waals surface area contributed by atoms with Crippen LogP contribution in [-0.4, -0.2) is 23.1 Å². The fourth-order valence-electron chi connectivity index (χ4n) is 2.38. The van der Waals surface area contributed by atoms with Crippen LogP contribution in [0.25, 0.3) is 0 Å². The lowest BCUT2D eigenvalue weighted by Gasteiger charge is -2.20. The molecule has 0 aliphatic carbocycles. The number of nitrogens with one attached hydrogen (secondary N) is 2. The molecule has 1 unspecified atom stereocenters. The van der Waals surface area contributed by atoms with Gasteiger partial charge in [0, 0.05) is 25.1 Å². The summed E-state index contributed by atoms with van der Waals surface area (Å²) in [6.07, 6.45) is 5.22. The summed E-state index contributed by atoms with van der Waals surface area (Å²) >= 11 is 0. The van der Waals surface area contributed by atoms with Crippen LogP contribution >= 0.6 is 0 Å². The van der Waals surface area contributed by atoms with Crippen molar-refractivity contribution in [3.8, 4) is 0 Å². The molecule has 0 saturated heterocycles. The molecule has 1 atom stereocenters. The maximum atomic E-state index is 5.37. The van der Waals surface area contributed by atoms with E-state index in [4.69, 9.17) is 4.42 Å². The normalized spacial score (nSPS) is 12.4. The predicted octanol–water partition coefficient (Wildman–Crippen LogP) is 3.67. The van der Waals surface area contributed by atoms with Crippen LogP contribution in [0, 0.1) is 0 Å². The van der Waals surface area contributed by atoms with Gasteiger partial charge >= 0.3 is 0 Å². The molecule has 0 fully saturated rings. The third-order valence-electron chi connectivity index (χ3n) is 3.49. The van der Waals surface area contributed by atoms with E-state index in [1.807, 2.05) is 19.2 Å². The molecule has 0 saturated carbocycles. The molecule has 0 aromatic carbocycles. The minimum Gasteiger partial charge on any atom is -0.469 e. The molecule has 2 heterocycles. The second-order valence-electron chi connectivity index (χ2n) is 5.55. The van der Waals surface area contributed by atoms with Gasteiger partial charge in [0.25, 0.3) is 0 Å². The average Bonchev–Trinajstić information content (AvgIpc) is 2.97. The lowest BCUT2D eigenvalue weighted by Crippen LogP contribution is -2.19. The Bertz CT molecular complexity index is 551. The van der Waals surface area contributed by atoms with Gasteiger partial charge in [-0.15, -0.1) is 0 Å². The molecule has 2 aromatic rings. The molecule has 2 rings (SSSR count). The van der Waals surface area contributed by atoms with E-state index < -0.39 is 0 Å². The smallest absolute Gasteiger partial charge is 0.135 e. The van der Waals surface area contributed by atoms with Crippen LogP contribution in [0.2, 0.25) is 0 Å². The van der Waals surface area contributed by atoms with Crippen LogP contribution < -0.4 is 10.6 Å². The van der Waals surface area contributed by atoms with E-state index in [-0.39, 0.29) is 0 Å². The van der Waals surface area contributed by atoms with E-state index in [2.05, 4.69) is 41.4 Å². The highest BCUT2D eigenvalue weighted by atomic mass is 16.3. The summed E-state index contributed by atoms with van der Waals surface area (Å²) in [4.78, 5) is 8.70. The quantitative estimate of drug-likeness (QED) is 0.814. The molecular weight excluding hydrogens is 264 g/mol. The lowest BCUT2D eigenvalue weighted by atomic mass is 10.0. The van der Waals surface area contributed by atoms with Gasteiger partial charge in [0.2, 0.25) is 0 Å². The highest BCUT2D eigenvalue weighted by Crippen LogP contribution is 2.28. The summed E-state index contributed by atoms with van der Waals surface area (Å²) in [5, 5.41) is 6.64. The third kappa shape index (κ3) is 3.97. The standard InChI is InChI=1S/C16H24N4O/c1-11(2)14-15(17-4)18-10-19-16(14)20-12(3)7-8-13-6-5-9-21-13/h5-6,9-12H,7-8H2,1-4H3,(H2,17,18,19,20). The average molecular weight is 288 g/mol. The van der Waals surface area contributed by atoms with Gasteiger partial charge in [-0.1, -0.05) is 13.8 Å². The number of aryl methyl sites for hydroxylation is 1. The number of aromatic nitrogens is 2. The first-order chi connectivity index (χ1) is 10.1. The molecule has 0 aliphatic heterocycles. The Kier molecular flexibility index (Phi) is 5.20. The van der Waals surface area contributed by atoms with Gasteiger partial charge in [-0.25, -0.2) is 9.97 Å². The van der Waals surface area contributed by atoms with Crippen molar-refractivity contribution in [3.05, 3.63) is 36.0 Å². The lowest BCUT2D eigenvalue weighted by molar-refractivity contribution is 0.494. The van der Waals surface area contributed by atoms with E-state index in [9.17, 15) is 0 Å². The van der Waals surface area contributed by atoms with E-state index in [0.717, 1.165) is 35.8 Å². The first-order valence-electron chi connectivity index (χ1n) is 7.43. The zero-order chi connectivity index (χ0) is 15.2. The van der Waals surface area contributed by atoms with Gasteiger partial charge < -0.3 is 15.1 Å². The first-order valence-corrected chi connectivity index (χ1v) is 7.43. The van der Waals surface area contributed by atoms with E-state index >= 15 is 0 Å². The summed E-state index contributed by atoms with van der Waals surface area (Å²) in [6.45, 7) is 6.46. The Morgan fingerprint density at radius 1 is 1.19 bits per heavy atom. The van der Waals surface area contributed by atoms with Crippen molar-refractivity contribution in [1.29, 1.82) is 0 Å². The summed E-state index contributed by atoms with van der Waals surface area (Å²) in [6, 6.07) is 4.25. The first kappa shape index (κ1) is 15.4. The zero-order valence-electron chi connectivity index (χ0n) is 13.2. The molecule has 0 amide bonds. The second kappa shape index (κ2) is 7.11. The number of nitrogens with zero attached hydrogens (tertiary/aromatic N) is 2. The van der Waals surface area contributed by atoms with Crippen molar-refractivity contribution in [2.75, 3.05) is 17.7 Å². The van der Waals surface area contributed by atoms with E-state index in [1.54, 1.807) is 12.6 Å². The highest BCUT2D eigenvalue weighted by molar-refractivity contribution is 5.59. The van der Waals surface area contributed by atoms with E-state index in [1.165, 1.54) is 0 Å². The van der Waals surface area contributed by atoms with Crippen molar-refractivity contribution in [3.63, 3.8) is 0 Å². The number of anilines is 2. The van der Waals surface area contributed by atoms with Crippen LogP contribution in [0.3, 0.4) is 0 Å². The number of furan rings is 1. The topological polar surface area (TPSA) is 63.0 Å². The summed E-state index contributed by atoms with van der Waals surface area (Å²) in [5.74, 6) is 3.18. The Morgan fingerprint density at radius 3 is 2.57 bits per heavy atom. The molecule has 2 aromatic heterocycles. The fourth-order valence-corrected chi connectivity index (χ4v) is 2.38. The molecular formula is C16H24N4O. The van der Waals surface area contributed by atoms with E-state index in [0.29, 0.717) is 12.0 Å². The SMILES string of the molecule is CNc1ncnc(NC(C)CCc2ccco2)c1C(C)C. The summed E-state index contributed by atoms with van der Waals surface area (Å²) in [7, 11) is 1.89. The van der Waals surface area contributed by atoms with Gasteiger partial charge in [-0.3, -0.25) is 0 Å². The van der Waals surface area contributed by atoms with Crippen molar-refractivity contribution in [2.24, 2.45) is 0 Å². The predicted molar refractivity (Wildman–Crippen MR) is 85.8 cm³/mol. The Balaban J connectivity index is 2.04. The Hall–Kier alpha value is -2.04. The van der Waals surface area contributed by atoms with Gasteiger partial charge in [-0.05, 0) is 31.4 Å². The van der Waals surface area contributed by atoms with Crippen LogP contribution in [0.4, 0.5) is 11.6 Å². The Morgan fingerprint density at radius 2 is 1.95 bits per heavy atom. The molecule has 114 valence electrons. The van der Waals surface area contributed by atoms with Crippen molar-refractivity contribution < 1.29 is 4.42 Å². The van der Waals surface area contributed by atoms with Crippen LogP contribution in [0.1, 0.15) is 44.4 Å². The van der Waals surface area contributed by atoms with Crippen molar-refractivity contribution >= 4 is 11.6 Å². The zero-order valence-corrected chi connectivity index (χ0v) is 13.2. The van der Waals surface area contributed by atoms with Crippen molar-refractivity contribution in [1.82, 2.24) is 9.97 Å². The van der Waals surface area contributed by atoms with Gasteiger partial charge in [0.15, 0.2) is 0 Å². The Labute approximate surface area is 126 Å². The summed E-state index contributed by atoms with van der Waals surface area (Å²) < 4.78 is 5.37. The highest BCUT2D eigenvalue weighted by Gasteiger charge is 2.15. The summed E-state index contributed by atoms with van der Waals surface area (Å²) in [5.41, 5.74) is 1.13. The molecule has 2 N–H and O–H groups in total. The van der Waals surface area contributed by atoms with Gasteiger partial charge in [-0.2, -0.15) is 0 Å². The monoisotopic (exact) mass is 288 g/mol. The minimum absolute atomic E-state index is 0.312. The second-order valence-corrected chi connectivity index (χ2v) is 5.55. The number of hydrogen-bond donors (Lipinski definition) is 2. The number of rotatable bonds is 7. The molecule has 0 radical (unpaired) electrons. The van der Waals surface area contributed by atoms with Crippen molar-refractivity contribution in [2.45, 2.75) is 45.6 Å². The van der Waals surface area contributed by atoms with Crippen LogP contribution in [-0.2, 0) is 6.42 Å². The van der Waals surface area contributed by atoms with Gasteiger partial charge in [0.05, 0.1) is 6.26 Å². The minimum atomic E-state index is 0.312. The fraction of sp³-hybridized carbons (Fsp3) is 0.500. The molecule has 5 heteroatoms. The van der Waals surface area contributed by atoms with Crippen LogP contribution in [0.5, 0.6) is 0 Å². The molecule has 5 nitrogen and oxygen atoms in total. The molecule has 0 bridgehead atoms.